The molecule has 5 nitrogen and oxygen atoms in total. The van der Waals surface area contributed by atoms with Crippen LogP contribution in [0, 0.1) is 23.7 Å². The van der Waals surface area contributed by atoms with Crippen molar-refractivity contribution in [1.82, 2.24) is 0 Å². The predicted octanol–water partition coefficient (Wildman–Crippen LogP) is 4.68. The zero-order chi connectivity index (χ0) is 20.8. The maximum Gasteiger partial charge on any atom is 0.170 e. The Morgan fingerprint density at radius 1 is 1.29 bits per heavy atom. The van der Waals surface area contributed by atoms with Crippen LogP contribution in [0.1, 0.15) is 73.7 Å². The molecule has 1 heterocycles. The van der Waals surface area contributed by atoms with Crippen LogP contribution in [0.3, 0.4) is 0 Å². The standard InChI is InChI=1S/C23H30O5/c1-12(2)8-18(25)19-20(26)16-10-15-9-14(13(3)4)6-7-23(15,5)28-22(16)17(11-24)21(19)27/h6-7,11-15,26-27H,8-10H2,1-5H3/t14-,15-,23-/m1/s1. The number of phenols is 2. The van der Waals surface area contributed by atoms with Crippen LogP contribution >= 0.6 is 0 Å². The zero-order valence-electron chi connectivity index (χ0n) is 17.3. The molecule has 1 aromatic carbocycles. The number of aldehydes is 1. The molecule has 0 spiro atoms. The van der Waals surface area contributed by atoms with Crippen molar-refractivity contribution >= 4 is 12.1 Å². The molecule has 0 amide bonds. The molecule has 152 valence electrons. The Morgan fingerprint density at radius 3 is 2.54 bits per heavy atom. The quantitative estimate of drug-likeness (QED) is 0.436. The highest BCUT2D eigenvalue weighted by Gasteiger charge is 2.45. The number of ketones is 1. The minimum absolute atomic E-state index is 0.0565. The van der Waals surface area contributed by atoms with Crippen LogP contribution in [-0.4, -0.2) is 27.9 Å². The molecule has 1 aliphatic carbocycles. The average Bonchev–Trinajstić information content (AvgIpc) is 2.59. The summed E-state index contributed by atoms with van der Waals surface area (Å²) in [6, 6.07) is 0. The van der Waals surface area contributed by atoms with Gasteiger partial charge in [0.05, 0.1) is 5.56 Å². The van der Waals surface area contributed by atoms with E-state index >= 15 is 0 Å². The van der Waals surface area contributed by atoms with Gasteiger partial charge in [-0.05, 0) is 43.6 Å². The van der Waals surface area contributed by atoms with Crippen LogP contribution in [0.25, 0.3) is 0 Å². The number of Topliss-reactive ketones (excluding diaryl/α,β-unsaturated/α-hetero) is 1. The van der Waals surface area contributed by atoms with Crippen molar-refractivity contribution in [2.24, 2.45) is 23.7 Å². The molecule has 2 N–H and O–H groups in total. The Bertz CT molecular complexity index is 836. The number of carbonyl (C=O) groups is 2. The summed E-state index contributed by atoms with van der Waals surface area (Å²) in [5.74, 6) is 0.169. The first-order chi connectivity index (χ1) is 13.1. The van der Waals surface area contributed by atoms with Gasteiger partial charge in [-0.1, -0.05) is 33.8 Å². The van der Waals surface area contributed by atoms with Gasteiger partial charge < -0.3 is 14.9 Å². The van der Waals surface area contributed by atoms with Crippen LogP contribution in [0.2, 0.25) is 0 Å². The third-order valence-electron chi connectivity index (χ3n) is 6.19. The van der Waals surface area contributed by atoms with E-state index in [1.165, 1.54) is 0 Å². The number of phenolic OH excluding ortho intramolecular Hbond substituents is 2. The lowest BCUT2D eigenvalue weighted by Gasteiger charge is -2.45. The van der Waals surface area contributed by atoms with Gasteiger partial charge in [-0.15, -0.1) is 0 Å². The molecule has 0 saturated heterocycles. The minimum atomic E-state index is -0.613. The Labute approximate surface area is 166 Å². The molecule has 0 fully saturated rings. The largest absolute Gasteiger partial charge is 0.507 e. The van der Waals surface area contributed by atoms with Crippen LogP contribution in [-0.2, 0) is 6.42 Å². The first kappa shape index (κ1) is 20.4. The summed E-state index contributed by atoms with van der Waals surface area (Å²) in [7, 11) is 0. The normalized spacial score (nSPS) is 26.0. The van der Waals surface area contributed by atoms with Gasteiger partial charge in [-0.2, -0.15) is 0 Å². The Morgan fingerprint density at radius 2 is 1.96 bits per heavy atom. The zero-order valence-corrected chi connectivity index (χ0v) is 17.3. The smallest absolute Gasteiger partial charge is 0.170 e. The number of ether oxygens (including phenoxy) is 1. The number of allylic oxidation sites excluding steroid dienone is 1. The van der Waals surface area contributed by atoms with Crippen molar-refractivity contribution in [3.63, 3.8) is 0 Å². The van der Waals surface area contributed by atoms with E-state index in [9.17, 15) is 19.8 Å². The van der Waals surface area contributed by atoms with Crippen molar-refractivity contribution in [3.05, 3.63) is 28.8 Å². The van der Waals surface area contributed by atoms with Crippen molar-refractivity contribution in [1.29, 1.82) is 0 Å². The maximum absolute atomic E-state index is 12.6. The summed E-state index contributed by atoms with van der Waals surface area (Å²) in [5, 5.41) is 21.5. The lowest BCUT2D eigenvalue weighted by atomic mass is 9.69. The molecule has 0 saturated carbocycles. The maximum atomic E-state index is 12.6. The SMILES string of the molecule is CC(C)CC(=O)c1c(O)c(C=O)c2c(c1O)C[C@H]1C[C@H](C(C)C)C=C[C@@]1(C)O2. The predicted molar refractivity (Wildman–Crippen MR) is 107 cm³/mol. The molecule has 1 aliphatic heterocycles. The number of aromatic hydroxyl groups is 2. The van der Waals surface area contributed by atoms with E-state index in [4.69, 9.17) is 4.74 Å². The Kier molecular flexibility index (Phi) is 5.30. The molecule has 5 heteroatoms. The Hall–Kier alpha value is -2.30. The lowest BCUT2D eigenvalue weighted by molar-refractivity contribution is 0.0302. The van der Waals surface area contributed by atoms with E-state index in [0.29, 0.717) is 30.1 Å². The van der Waals surface area contributed by atoms with E-state index < -0.39 is 11.4 Å². The fraction of sp³-hybridized carbons (Fsp3) is 0.565. The molecule has 3 atom stereocenters. The second-order valence-corrected chi connectivity index (χ2v) is 9.12. The third kappa shape index (κ3) is 3.31. The average molecular weight is 386 g/mol. The van der Waals surface area contributed by atoms with Gasteiger partial charge in [0.2, 0.25) is 0 Å². The van der Waals surface area contributed by atoms with E-state index in [2.05, 4.69) is 19.9 Å². The Balaban J connectivity index is 2.12. The van der Waals surface area contributed by atoms with Crippen molar-refractivity contribution in [2.75, 3.05) is 0 Å². The summed E-state index contributed by atoms with van der Waals surface area (Å²) in [4.78, 5) is 24.4. The second-order valence-electron chi connectivity index (χ2n) is 9.12. The number of benzene rings is 1. The van der Waals surface area contributed by atoms with Crippen LogP contribution in [0.4, 0.5) is 0 Å². The molecule has 28 heavy (non-hydrogen) atoms. The summed E-state index contributed by atoms with van der Waals surface area (Å²) in [5.41, 5.74) is -0.377. The van der Waals surface area contributed by atoms with E-state index in [0.717, 1.165) is 6.42 Å². The highest BCUT2D eigenvalue weighted by molar-refractivity contribution is 6.05. The summed E-state index contributed by atoms with van der Waals surface area (Å²) in [6.07, 6.45) is 6.28. The van der Waals surface area contributed by atoms with Crippen LogP contribution in [0.15, 0.2) is 12.2 Å². The minimum Gasteiger partial charge on any atom is -0.507 e. The van der Waals surface area contributed by atoms with Crippen molar-refractivity contribution < 1.29 is 24.5 Å². The molecular formula is C23H30O5. The number of hydrogen-bond acceptors (Lipinski definition) is 5. The molecule has 0 unspecified atom stereocenters. The van der Waals surface area contributed by atoms with E-state index in [-0.39, 0.29) is 46.7 Å². The van der Waals surface area contributed by atoms with E-state index in [1.807, 2.05) is 26.8 Å². The van der Waals surface area contributed by atoms with Gasteiger partial charge in [0.25, 0.3) is 0 Å². The number of carbonyl (C=O) groups excluding carboxylic acids is 2. The van der Waals surface area contributed by atoms with Gasteiger partial charge >= 0.3 is 0 Å². The highest BCUT2D eigenvalue weighted by Crippen LogP contribution is 2.51. The van der Waals surface area contributed by atoms with Gasteiger partial charge in [0.15, 0.2) is 12.1 Å². The summed E-state index contributed by atoms with van der Waals surface area (Å²) in [6.45, 7) is 10.1. The van der Waals surface area contributed by atoms with Gasteiger partial charge in [0, 0.05) is 17.9 Å². The molecular weight excluding hydrogens is 356 g/mol. The van der Waals surface area contributed by atoms with Crippen molar-refractivity contribution in [3.8, 4) is 17.2 Å². The van der Waals surface area contributed by atoms with Crippen LogP contribution in [0.5, 0.6) is 17.2 Å². The topological polar surface area (TPSA) is 83.8 Å². The van der Waals surface area contributed by atoms with Crippen LogP contribution < -0.4 is 4.74 Å². The summed E-state index contributed by atoms with van der Waals surface area (Å²) >= 11 is 0. The molecule has 3 rings (SSSR count). The lowest BCUT2D eigenvalue weighted by Crippen LogP contribution is -2.47. The molecule has 0 aromatic heterocycles. The first-order valence-electron chi connectivity index (χ1n) is 10.1. The number of rotatable bonds is 5. The third-order valence-corrected chi connectivity index (χ3v) is 6.19. The van der Waals surface area contributed by atoms with Gasteiger partial charge in [-0.25, -0.2) is 0 Å². The molecule has 0 radical (unpaired) electrons. The first-order valence-corrected chi connectivity index (χ1v) is 10.1. The second kappa shape index (κ2) is 7.26. The fourth-order valence-corrected chi connectivity index (χ4v) is 4.38. The number of hydrogen-bond donors (Lipinski definition) is 2. The van der Waals surface area contributed by atoms with Gasteiger partial charge in [0.1, 0.15) is 28.4 Å². The summed E-state index contributed by atoms with van der Waals surface area (Å²) < 4.78 is 6.20. The molecule has 1 aromatic rings. The monoisotopic (exact) mass is 386 g/mol. The van der Waals surface area contributed by atoms with E-state index in [1.54, 1.807) is 0 Å². The highest BCUT2D eigenvalue weighted by atomic mass is 16.5. The van der Waals surface area contributed by atoms with Gasteiger partial charge in [-0.3, -0.25) is 9.59 Å². The van der Waals surface area contributed by atoms with Crippen molar-refractivity contribution in [2.45, 2.75) is 59.5 Å². The number of fused-ring (bicyclic) bond motifs is 2. The fourth-order valence-electron chi connectivity index (χ4n) is 4.38. The molecule has 0 bridgehead atoms. The molecule has 2 aliphatic rings.